The molecule has 150 valence electrons. The van der Waals surface area contributed by atoms with Crippen LogP contribution in [0.4, 0.5) is 16.2 Å². The number of ether oxygens (including phenoxy) is 2. The number of pyridine rings is 1. The monoisotopic (exact) mass is 392 g/mol. The van der Waals surface area contributed by atoms with Gasteiger partial charge in [-0.3, -0.25) is 0 Å². The van der Waals surface area contributed by atoms with Crippen LogP contribution in [-0.4, -0.2) is 56.3 Å². The van der Waals surface area contributed by atoms with E-state index < -0.39 is 0 Å². The summed E-state index contributed by atoms with van der Waals surface area (Å²) in [6.45, 7) is 2.78. The van der Waals surface area contributed by atoms with Gasteiger partial charge in [-0.25, -0.2) is 9.78 Å². The van der Waals surface area contributed by atoms with Gasteiger partial charge < -0.3 is 24.6 Å². The molecule has 0 aliphatic carbocycles. The summed E-state index contributed by atoms with van der Waals surface area (Å²) in [7, 11) is 3.22. The fourth-order valence-corrected chi connectivity index (χ4v) is 3.51. The van der Waals surface area contributed by atoms with Crippen LogP contribution in [0.1, 0.15) is 0 Å². The van der Waals surface area contributed by atoms with E-state index in [2.05, 4.69) is 21.3 Å². The van der Waals surface area contributed by atoms with Crippen LogP contribution in [-0.2, 0) is 0 Å². The van der Waals surface area contributed by atoms with Gasteiger partial charge in [-0.1, -0.05) is 24.3 Å². The number of nitrogens with zero attached hydrogens (tertiary/aromatic N) is 3. The highest BCUT2D eigenvalue weighted by Crippen LogP contribution is 2.27. The number of methoxy groups -OCH3 is 2. The fraction of sp³-hybridized carbons (Fsp3) is 0.273. The molecular formula is C22H24N4O3. The molecule has 7 nitrogen and oxygen atoms in total. The van der Waals surface area contributed by atoms with Crippen molar-refractivity contribution in [1.82, 2.24) is 9.88 Å². The van der Waals surface area contributed by atoms with E-state index >= 15 is 0 Å². The topological polar surface area (TPSA) is 66.9 Å². The molecule has 0 atom stereocenters. The van der Waals surface area contributed by atoms with Crippen LogP contribution in [0, 0.1) is 0 Å². The van der Waals surface area contributed by atoms with Crippen LogP contribution in [0.2, 0.25) is 0 Å². The van der Waals surface area contributed by atoms with Crippen LogP contribution < -0.4 is 19.7 Å². The second kappa shape index (κ2) is 8.26. The molecule has 2 amide bonds. The molecule has 3 aromatic rings. The second-order valence-electron chi connectivity index (χ2n) is 6.84. The minimum Gasteiger partial charge on any atom is -0.497 e. The van der Waals surface area contributed by atoms with Gasteiger partial charge in [0, 0.05) is 43.3 Å². The zero-order valence-electron chi connectivity index (χ0n) is 16.6. The van der Waals surface area contributed by atoms with Gasteiger partial charge in [-0.15, -0.1) is 0 Å². The first-order valence-electron chi connectivity index (χ1n) is 9.56. The maximum Gasteiger partial charge on any atom is 0.322 e. The van der Waals surface area contributed by atoms with Crippen molar-refractivity contribution >= 4 is 28.3 Å². The Labute approximate surface area is 169 Å². The summed E-state index contributed by atoms with van der Waals surface area (Å²) < 4.78 is 10.7. The van der Waals surface area contributed by atoms with Gasteiger partial charge >= 0.3 is 6.03 Å². The Morgan fingerprint density at radius 3 is 2.52 bits per heavy atom. The van der Waals surface area contributed by atoms with Crippen LogP contribution in [0.5, 0.6) is 11.6 Å². The smallest absolute Gasteiger partial charge is 0.322 e. The standard InChI is InChI=1S/C22H24N4O3/c1-28-18-8-5-7-17(15-18)25-10-12-26(13-11-25)22(27)24-20-14-16-6-3-4-9-19(16)23-21(20)29-2/h3-9,14-15H,10-13H2,1-2H3,(H,24,27). The fourth-order valence-electron chi connectivity index (χ4n) is 3.51. The summed E-state index contributed by atoms with van der Waals surface area (Å²) >= 11 is 0. The lowest BCUT2D eigenvalue weighted by Crippen LogP contribution is -2.50. The summed E-state index contributed by atoms with van der Waals surface area (Å²) in [6.07, 6.45) is 0. The van der Waals surface area contributed by atoms with Gasteiger partial charge in [-0.2, -0.15) is 0 Å². The molecule has 1 aliphatic heterocycles. The van der Waals surface area contributed by atoms with E-state index in [0.717, 1.165) is 35.4 Å². The van der Waals surface area contributed by atoms with Crippen molar-refractivity contribution in [2.45, 2.75) is 0 Å². The minimum atomic E-state index is -0.148. The molecule has 1 saturated heterocycles. The van der Waals surface area contributed by atoms with Crippen molar-refractivity contribution < 1.29 is 14.3 Å². The van der Waals surface area contributed by atoms with Gasteiger partial charge in [0.2, 0.25) is 5.88 Å². The number of nitrogens with one attached hydrogen (secondary N) is 1. The Kier molecular flexibility index (Phi) is 5.37. The molecule has 1 N–H and O–H groups in total. The molecule has 2 aromatic carbocycles. The number of carbonyl (C=O) groups is 1. The Morgan fingerprint density at radius 2 is 1.76 bits per heavy atom. The van der Waals surface area contributed by atoms with E-state index in [4.69, 9.17) is 9.47 Å². The lowest BCUT2D eigenvalue weighted by atomic mass is 10.2. The quantitative estimate of drug-likeness (QED) is 0.735. The molecule has 0 saturated carbocycles. The number of amides is 2. The van der Waals surface area contributed by atoms with Crippen LogP contribution >= 0.6 is 0 Å². The number of rotatable bonds is 4. The average Bonchev–Trinajstić information content (AvgIpc) is 2.78. The summed E-state index contributed by atoms with van der Waals surface area (Å²) in [5.74, 6) is 1.24. The van der Waals surface area contributed by atoms with Crippen LogP contribution in [0.25, 0.3) is 10.9 Å². The van der Waals surface area contributed by atoms with Crippen molar-refractivity contribution in [3.8, 4) is 11.6 Å². The highest BCUT2D eigenvalue weighted by molar-refractivity contribution is 5.94. The average molecular weight is 392 g/mol. The molecule has 2 heterocycles. The summed E-state index contributed by atoms with van der Waals surface area (Å²) in [5, 5.41) is 3.91. The number of piperazine rings is 1. The number of para-hydroxylation sites is 1. The van der Waals surface area contributed by atoms with E-state index in [1.165, 1.54) is 0 Å². The highest BCUT2D eigenvalue weighted by Gasteiger charge is 2.22. The number of urea groups is 1. The molecule has 29 heavy (non-hydrogen) atoms. The van der Waals surface area contributed by atoms with E-state index in [1.807, 2.05) is 53.4 Å². The lowest BCUT2D eigenvalue weighted by molar-refractivity contribution is 0.208. The first kappa shape index (κ1) is 18.9. The first-order chi connectivity index (χ1) is 14.2. The summed E-state index contributed by atoms with van der Waals surface area (Å²) in [5.41, 5.74) is 2.51. The summed E-state index contributed by atoms with van der Waals surface area (Å²) in [4.78, 5) is 21.4. The van der Waals surface area contributed by atoms with Gasteiger partial charge in [0.05, 0.1) is 19.7 Å². The van der Waals surface area contributed by atoms with Crippen molar-refractivity contribution in [3.05, 3.63) is 54.6 Å². The van der Waals surface area contributed by atoms with Gasteiger partial charge in [0.1, 0.15) is 11.4 Å². The highest BCUT2D eigenvalue weighted by atomic mass is 16.5. The number of carbonyl (C=O) groups excluding carboxylic acids is 1. The predicted octanol–water partition coefficient (Wildman–Crippen LogP) is 3.61. The third kappa shape index (κ3) is 4.03. The van der Waals surface area contributed by atoms with E-state index in [9.17, 15) is 4.79 Å². The molecule has 1 fully saturated rings. The second-order valence-corrected chi connectivity index (χ2v) is 6.84. The molecule has 1 aliphatic rings. The third-order valence-corrected chi connectivity index (χ3v) is 5.11. The number of benzene rings is 2. The SMILES string of the molecule is COc1cccc(N2CCN(C(=O)Nc3cc4ccccc4nc3OC)CC2)c1. The number of fused-ring (bicyclic) bond motifs is 1. The molecule has 0 radical (unpaired) electrons. The molecular weight excluding hydrogens is 368 g/mol. The number of anilines is 2. The first-order valence-corrected chi connectivity index (χ1v) is 9.56. The van der Waals surface area contributed by atoms with Crippen molar-refractivity contribution in [1.29, 1.82) is 0 Å². The number of aromatic nitrogens is 1. The third-order valence-electron chi connectivity index (χ3n) is 5.11. The van der Waals surface area contributed by atoms with Gasteiger partial charge in [0.15, 0.2) is 0 Å². The molecule has 7 heteroatoms. The molecule has 0 spiro atoms. The van der Waals surface area contributed by atoms with E-state index in [1.54, 1.807) is 14.2 Å². The molecule has 0 unspecified atom stereocenters. The van der Waals surface area contributed by atoms with Gasteiger partial charge in [0.25, 0.3) is 0 Å². The zero-order chi connectivity index (χ0) is 20.2. The maximum atomic E-state index is 12.8. The largest absolute Gasteiger partial charge is 0.497 e. The molecule has 0 bridgehead atoms. The maximum absolute atomic E-state index is 12.8. The van der Waals surface area contributed by atoms with Crippen molar-refractivity contribution in [2.75, 3.05) is 50.6 Å². The summed E-state index contributed by atoms with van der Waals surface area (Å²) in [6, 6.07) is 17.5. The predicted molar refractivity (Wildman–Crippen MR) is 114 cm³/mol. The number of hydrogen-bond acceptors (Lipinski definition) is 5. The van der Waals surface area contributed by atoms with Crippen LogP contribution in [0.3, 0.4) is 0 Å². The number of hydrogen-bond donors (Lipinski definition) is 1. The Bertz CT molecular complexity index is 1020. The van der Waals surface area contributed by atoms with Crippen molar-refractivity contribution in [3.63, 3.8) is 0 Å². The van der Waals surface area contributed by atoms with Crippen LogP contribution in [0.15, 0.2) is 54.6 Å². The molecule has 1 aromatic heterocycles. The normalized spacial score (nSPS) is 14.0. The van der Waals surface area contributed by atoms with E-state index in [-0.39, 0.29) is 6.03 Å². The van der Waals surface area contributed by atoms with E-state index in [0.29, 0.717) is 24.7 Å². The lowest BCUT2D eigenvalue weighted by Gasteiger charge is -2.36. The van der Waals surface area contributed by atoms with Crippen molar-refractivity contribution in [2.24, 2.45) is 0 Å². The Hall–Kier alpha value is -3.48. The zero-order valence-corrected chi connectivity index (χ0v) is 16.6. The Morgan fingerprint density at radius 1 is 0.966 bits per heavy atom. The minimum absolute atomic E-state index is 0.148. The molecule has 4 rings (SSSR count). The Balaban J connectivity index is 1.43. The van der Waals surface area contributed by atoms with Gasteiger partial charge in [-0.05, 0) is 24.3 Å².